The van der Waals surface area contributed by atoms with Gasteiger partial charge >= 0.3 is 0 Å². The van der Waals surface area contributed by atoms with Gasteiger partial charge in [0.2, 0.25) is 5.75 Å². The number of carbonyl (C=O) groups excluding carboxylic acids is 2. The molecule has 0 saturated carbocycles. The first-order valence-electron chi connectivity index (χ1n) is 8.83. The van der Waals surface area contributed by atoms with Gasteiger partial charge in [-0.3, -0.25) is 9.59 Å². The van der Waals surface area contributed by atoms with E-state index in [1.165, 1.54) is 20.3 Å². The molecule has 0 radical (unpaired) electrons. The monoisotopic (exact) mass is 368 g/mol. The predicted octanol–water partition coefficient (Wildman–Crippen LogP) is 3.73. The van der Waals surface area contributed by atoms with E-state index in [4.69, 9.17) is 9.47 Å². The number of phenolic OH excluding ortho intramolecular Hbond substituents is 1. The topological polar surface area (TPSA) is 72.8 Å². The summed E-state index contributed by atoms with van der Waals surface area (Å²) < 4.78 is 10.6. The van der Waals surface area contributed by atoms with Crippen LogP contribution in [0.2, 0.25) is 0 Å². The highest BCUT2D eigenvalue weighted by atomic mass is 16.5. The van der Waals surface area contributed by atoms with E-state index < -0.39 is 17.3 Å². The third-order valence-electron chi connectivity index (χ3n) is 5.90. The third kappa shape index (κ3) is 2.69. The number of fused-ring (bicyclic) bond motifs is 1. The molecule has 3 atom stereocenters. The van der Waals surface area contributed by atoms with E-state index in [-0.39, 0.29) is 28.8 Å². The highest BCUT2D eigenvalue weighted by Crippen LogP contribution is 2.56. The molecule has 0 fully saturated rings. The number of Topliss-reactive ketones (excluding diaryl/α,β-unsaturated/α-hetero) is 1. The van der Waals surface area contributed by atoms with Gasteiger partial charge in [0, 0.05) is 11.8 Å². The van der Waals surface area contributed by atoms with Crippen LogP contribution in [0.5, 0.6) is 17.2 Å². The highest BCUT2D eigenvalue weighted by Gasteiger charge is 2.54. The lowest BCUT2D eigenvalue weighted by Gasteiger charge is -2.47. The lowest BCUT2D eigenvalue weighted by Crippen LogP contribution is -2.49. The molecule has 3 unspecified atom stereocenters. The molecule has 142 valence electrons. The summed E-state index contributed by atoms with van der Waals surface area (Å²) in [7, 11) is 2.91. The van der Waals surface area contributed by atoms with Crippen LogP contribution < -0.4 is 9.47 Å². The molecule has 2 aliphatic carbocycles. The van der Waals surface area contributed by atoms with Crippen molar-refractivity contribution in [1.82, 2.24) is 0 Å². The maximum absolute atomic E-state index is 13.1. The molecule has 0 aromatic heterocycles. The summed E-state index contributed by atoms with van der Waals surface area (Å²) in [4.78, 5) is 25.9. The number of benzene rings is 1. The van der Waals surface area contributed by atoms with Gasteiger partial charge in [0.15, 0.2) is 23.1 Å². The molecule has 27 heavy (non-hydrogen) atoms. The van der Waals surface area contributed by atoms with Crippen LogP contribution >= 0.6 is 0 Å². The summed E-state index contributed by atoms with van der Waals surface area (Å²) in [5, 5.41) is 10.2. The van der Waals surface area contributed by atoms with Crippen molar-refractivity contribution in [3.8, 4) is 17.2 Å². The van der Waals surface area contributed by atoms with Gasteiger partial charge in [-0.2, -0.15) is 0 Å². The Kier molecular flexibility index (Phi) is 4.72. The lowest BCUT2D eigenvalue weighted by molar-refractivity contribution is -0.137. The second-order valence-corrected chi connectivity index (χ2v) is 7.24. The predicted molar refractivity (Wildman–Crippen MR) is 102 cm³/mol. The van der Waals surface area contributed by atoms with Crippen LogP contribution in [0.25, 0.3) is 0 Å². The molecule has 1 aromatic rings. The van der Waals surface area contributed by atoms with E-state index >= 15 is 0 Å². The Hall–Kier alpha value is -2.82. The zero-order valence-electron chi connectivity index (χ0n) is 16.0. The largest absolute Gasteiger partial charge is 0.502 e. The number of carbonyl (C=O) groups is 2. The van der Waals surface area contributed by atoms with Crippen molar-refractivity contribution in [2.24, 2.45) is 11.3 Å². The second kappa shape index (κ2) is 6.72. The summed E-state index contributed by atoms with van der Waals surface area (Å²) in [6, 6.07) is 3.38. The van der Waals surface area contributed by atoms with Gasteiger partial charge in [-0.1, -0.05) is 25.7 Å². The fraction of sp³-hybridized carbons (Fsp3) is 0.364. The van der Waals surface area contributed by atoms with Crippen molar-refractivity contribution >= 4 is 11.6 Å². The zero-order valence-corrected chi connectivity index (χ0v) is 16.0. The Labute approximate surface area is 159 Å². The normalized spacial score (nSPS) is 27.4. The highest BCUT2D eigenvalue weighted by molar-refractivity contribution is 6.13. The van der Waals surface area contributed by atoms with E-state index in [2.05, 4.69) is 6.58 Å². The number of hydrogen-bond acceptors (Lipinski definition) is 5. The number of allylic oxidation sites excluding steroid dienone is 5. The average molecular weight is 368 g/mol. The third-order valence-corrected chi connectivity index (χ3v) is 5.90. The fourth-order valence-corrected chi connectivity index (χ4v) is 4.38. The summed E-state index contributed by atoms with van der Waals surface area (Å²) in [5.74, 6) is -0.522. The zero-order chi connectivity index (χ0) is 19.9. The number of ketones is 2. The van der Waals surface area contributed by atoms with Gasteiger partial charge in [0.05, 0.1) is 19.6 Å². The van der Waals surface area contributed by atoms with Gasteiger partial charge in [-0.15, -0.1) is 0 Å². The van der Waals surface area contributed by atoms with E-state index in [0.717, 1.165) is 11.1 Å². The molecule has 3 rings (SSSR count). The molecule has 2 aliphatic rings. The Morgan fingerprint density at radius 2 is 1.81 bits per heavy atom. The Morgan fingerprint density at radius 3 is 2.33 bits per heavy atom. The number of rotatable bonds is 4. The van der Waals surface area contributed by atoms with E-state index in [1.807, 2.05) is 13.0 Å². The SMILES string of the molecule is C=CC1=CCC2C(=O)C(C)=CC(=O)C2(C)C1c1cc(OC)c(O)c(OC)c1. The molecule has 1 aromatic carbocycles. The van der Waals surface area contributed by atoms with Crippen LogP contribution in [0.3, 0.4) is 0 Å². The minimum atomic E-state index is -0.943. The van der Waals surface area contributed by atoms with Crippen molar-refractivity contribution in [3.05, 3.63) is 53.6 Å². The van der Waals surface area contributed by atoms with Crippen molar-refractivity contribution in [3.63, 3.8) is 0 Å². The number of aromatic hydroxyl groups is 1. The van der Waals surface area contributed by atoms with Crippen LogP contribution in [0.4, 0.5) is 0 Å². The molecule has 0 spiro atoms. The summed E-state index contributed by atoms with van der Waals surface area (Å²) in [5.41, 5.74) is 1.16. The first-order valence-corrected chi connectivity index (χ1v) is 8.83. The molecule has 0 amide bonds. The van der Waals surface area contributed by atoms with Gasteiger partial charge in [-0.05, 0) is 48.3 Å². The van der Waals surface area contributed by atoms with Crippen molar-refractivity contribution < 1.29 is 24.2 Å². The number of methoxy groups -OCH3 is 2. The minimum absolute atomic E-state index is 0.000768. The fourth-order valence-electron chi connectivity index (χ4n) is 4.38. The maximum atomic E-state index is 13.1. The molecule has 1 N–H and O–H groups in total. The molecular weight excluding hydrogens is 344 g/mol. The average Bonchev–Trinajstić information content (AvgIpc) is 2.66. The van der Waals surface area contributed by atoms with E-state index in [9.17, 15) is 14.7 Å². The molecule has 0 saturated heterocycles. The van der Waals surface area contributed by atoms with Crippen LogP contribution in [0, 0.1) is 11.3 Å². The van der Waals surface area contributed by atoms with Crippen LogP contribution in [-0.4, -0.2) is 30.9 Å². The van der Waals surface area contributed by atoms with Crippen LogP contribution in [-0.2, 0) is 9.59 Å². The van der Waals surface area contributed by atoms with Gasteiger partial charge in [0.25, 0.3) is 0 Å². The molecule has 5 heteroatoms. The van der Waals surface area contributed by atoms with Crippen LogP contribution in [0.1, 0.15) is 31.7 Å². The second-order valence-electron chi connectivity index (χ2n) is 7.24. The van der Waals surface area contributed by atoms with Gasteiger partial charge in [-0.25, -0.2) is 0 Å². The molecular formula is C22H24O5. The lowest BCUT2D eigenvalue weighted by atomic mass is 9.53. The molecule has 0 aliphatic heterocycles. The number of phenols is 1. The smallest absolute Gasteiger partial charge is 0.200 e. The Morgan fingerprint density at radius 1 is 1.22 bits per heavy atom. The van der Waals surface area contributed by atoms with E-state index in [1.54, 1.807) is 25.1 Å². The van der Waals surface area contributed by atoms with Crippen molar-refractivity contribution in [2.45, 2.75) is 26.2 Å². The number of hydrogen-bond donors (Lipinski definition) is 1. The Balaban J connectivity index is 2.27. The Bertz CT molecular complexity index is 867. The standard InChI is InChI=1S/C22H24O5/c1-6-13-7-8-15-20(24)12(2)9-18(23)22(15,3)19(13)14-10-16(26-4)21(25)17(11-14)27-5/h6-7,9-11,15,19,25H,1,8H2,2-5H3. The summed E-state index contributed by atoms with van der Waals surface area (Å²) in [6.07, 6.45) is 5.64. The molecule has 5 nitrogen and oxygen atoms in total. The van der Waals surface area contributed by atoms with E-state index in [0.29, 0.717) is 12.0 Å². The first-order chi connectivity index (χ1) is 12.8. The van der Waals surface area contributed by atoms with Gasteiger partial charge < -0.3 is 14.6 Å². The molecule has 0 heterocycles. The summed E-state index contributed by atoms with van der Waals surface area (Å²) in [6.45, 7) is 7.43. The van der Waals surface area contributed by atoms with Crippen molar-refractivity contribution in [1.29, 1.82) is 0 Å². The first kappa shape index (κ1) is 19.0. The van der Waals surface area contributed by atoms with Gasteiger partial charge in [0.1, 0.15) is 0 Å². The minimum Gasteiger partial charge on any atom is -0.502 e. The quantitative estimate of drug-likeness (QED) is 0.877. The van der Waals surface area contributed by atoms with Crippen LogP contribution in [0.15, 0.2) is 48.1 Å². The summed E-state index contributed by atoms with van der Waals surface area (Å²) >= 11 is 0. The van der Waals surface area contributed by atoms with Crippen molar-refractivity contribution in [2.75, 3.05) is 14.2 Å². The number of ether oxygens (including phenoxy) is 2. The molecule has 0 bridgehead atoms. The maximum Gasteiger partial charge on any atom is 0.200 e.